The van der Waals surface area contributed by atoms with Gasteiger partial charge in [0.25, 0.3) is 0 Å². The van der Waals surface area contributed by atoms with Crippen LogP contribution in [0.4, 0.5) is 5.69 Å². The smallest absolute Gasteiger partial charge is 0.166 e. The molecule has 1 rings (SSSR count). The maximum atomic E-state index is 5.90. The Labute approximate surface area is 115 Å². The molecule has 0 saturated heterocycles. The van der Waals surface area contributed by atoms with Crippen molar-refractivity contribution in [1.82, 2.24) is 0 Å². The molecular formula is C12H18BrNO2S. The second-order valence-electron chi connectivity index (χ2n) is 3.33. The second kappa shape index (κ2) is 7.97. The molecule has 0 unspecified atom stereocenters. The molecule has 17 heavy (non-hydrogen) atoms. The number of rotatable bonds is 7. The van der Waals surface area contributed by atoms with Gasteiger partial charge in [0.2, 0.25) is 0 Å². The summed E-state index contributed by atoms with van der Waals surface area (Å²) in [7, 11) is 0. The molecular weight excluding hydrogens is 302 g/mol. The first kappa shape index (κ1) is 14.8. The van der Waals surface area contributed by atoms with Crippen molar-refractivity contribution in [2.45, 2.75) is 25.0 Å². The van der Waals surface area contributed by atoms with Gasteiger partial charge in [-0.15, -0.1) is 11.8 Å². The molecule has 0 heterocycles. The molecule has 0 spiro atoms. The van der Waals surface area contributed by atoms with E-state index in [-0.39, 0.29) is 6.29 Å². The van der Waals surface area contributed by atoms with Gasteiger partial charge in [-0.25, -0.2) is 0 Å². The van der Waals surface area contributed by atoms with Crippen molar-refractivity contribution in [3.8, 4) is 0 Å². The summed E-state index contributed by atoms with van der Waals surface area (Å²) in [5.41, 5.74) is 6.68. The first-order valence-corrected chi connectivity index (χ1v) is 7.36. The molecule has 0 radical (unpaired) electrons. The van der Waals surface area contributed by atoms with Gasteiger partial charge < -0.3 is 15.2 Å². The monoisotopic (exact) mass is 319 g/mol. The van der Waals surface area contributed by atoms with Crippen LogP contribution >= 0.6 is 27.7 Å². The van der Waals surface area contributed by atoms with Gasteiger partial charge in [0.1, 0.15) is 0 Å². The Kier molecular flexibility index (Phi) is 6.96. The highest BCUT2D eigenvalue weighted by molar-refractivity contribution is 9.10. The van der Waals surface area contributed by atoms with Crippen molar-refractivity contribution in [1.29, 1.82) is 0 Å². The van der Waals surface area contributed by atoms with Crippen LogP contribution in [0.15, 0.2) is 27.6 Å². The third-order valence-corrected chi connectivity index (χ3v) is 3.65. The molecule has 96 valence electrons. The van der Waals surface area contributed by atoms with E-state index in [2.05, 4.69) is 15.9 Å². The van der Waals surface area contributed by atoms with Crippen LogP contribution in [0.3, 0.4) is 0 Å². The fourth-order valence-electron chi connectivity index (χ4n) is 1.31. The van der Waals surface area contributed by atoms with Gasteiger partial charge in [-0.1, -0.05) is 15.9 Å². The third kappa shape index (κ3) is 5.29. The van der Waals surface area contributed by atoms with Crippen LogP contribution in [0.25, 0.3) is 0 Å². The standard InChI is InChI=1S/C12H18BrNO2S/c1-3-15-12(16-4-2)8-17-11-7-9(13)5-6-10(11)14/h5-7,12H,3-4,8,14H2,1-2H3. The maximum Gasteiger partial charge on any atom is 0.166 e. The first-order chi connectivity index (χ1) is 8.17. The Hall–Kier alpha value is -0.230. The highest BCUT2D eigenvalue weighted by Crippen LogP contribution is 2.29. The first-order valence-electron chi connectivity index (χ1n) is 5.58. The molecule has 1 aromatic rings. The van der Waals surface area contributed by atoms with E-state index in [9.17, 15) is 0 Å². The molecule has 0 saturated carbocycles. The van der Waals surface area contributed by atoms with Gasteiger partial charge in [-0.2, -0.15) is 0 Å². The van der Waals surface area contributed by atoms with Crippen LogP contribution in [-0.4, -0.2) is 25.3 Å². The maximum absolute atomic E-state index is 5.90. The van der Waals surface area contributed by atoms with Crippen LogP contribution < -0.4 is 5.73 Å². The van der Waals surface area contributed by atoms with Crippen LogP contribution in [0, 0.1) is 0 Å². The highest BCUT2D eigenvalue weighted by Gasteiger charge is 2.10. The van der Waals surface area contributed by atoms with Gasteiger partial charge in [0.15, 0.2) is 6.29 Å². The number of halogens is 1. The number of hydrogen-bond acceptors (Lipinski definition) is 4. The largest absolute Gasteiger partial charge is 0.398 e. The average Bonchev–Trinajstić information content (AvgIpc) is 2.30. The van der Waals surface area contributed by atoms with Gasteiger partial charge in [0.05, 0.1) is 0 Å². The predicted octanol–water partition coefficient (Wildman–Crippen LogP) is 3.52. The van der Waals surface area contributed by atoms with Gasteiger partial charge in [-0.3, -0.25) is 0 Å². The van der Waals surface area contributed by atoms with E-state index in [1.807, 2.05) is 32.0 Å². The number of anilines is 1. The summed E-state index contributed by atoms with van der Waals surface area (Å²) in [5.74, 6) is 0.738. The lowest BCUT2D eigenvalue weighted by atomic mass is 10.3. The summed E-state index contributed by atoms with van der Waals surface area (Å²) in [6.07, 6.45) is -0.173. The van der Waals surface area contributed by atoms with E-state index in [1.165, 1.54) is 0 Å². The summed E-state index contributed by atoms with van der Waals surface area (Å²) in [6, 6.07) is 5.83. The second-order valence-corrected chi connectivity index (χ2v) is 5.31. The van der Waals surface area contributed by atoms with Crippen molar-refractivity contribution in [2.75, 3.05) is 24.7 Å². The van der Waals surface area contributed by atoms with Crippen molar-refractivity contribution >= 4 is 33.4 Å². The van der Waals surface area contributed by atoms with E-state index in [4.69, 9.17) is 15.2 Å². The molecule has 0 aliphatic carbocycles. The molecule has 0 atom stereocenters. The van der Waals surface area contributed by atoms with Gasteiger partial charge in [0, 0.05) is 34.0 Å². The van der Waals surface area contributed by atoms with E-state index < -0.39 is 0 Å². The number of benzene rings is 1. The normalized spacial score (nSPS) is 11.1. The zero-order valence-corrected chi connectivity index (χ0v) is 12.5. The minimum absolute atomic E-state index is 0.173. The van der Waals surface area contributed by atoms with Crippen LogP contribution in [-0.2, 0) is 9.47 Å². The summed E-state index contributed by atoms with van der Waals surface area (Å²) in [4.78, 5) is 1.05. The molecule has 0 aliphatic rings. The highest BCUT2D eigenvalue weighted by atomic mass is 79.9. The lowest BCUT2D eigenvalue weighted by molar-refractivity contribution is -0.120. The zero-order valence-electron chi connectivity index (χ0n) is 10.1. The fourth-order valence-corrected chi connectivity index (χ4v) is 2.77. The molecule has 0 amide bonds. The van der Waals surface area contributed by atoms with E-state index in [1.54, 1.807) is 11.8 Å². The average molecular weight is 320 g/mol. The molecule has 0 aliphatic heterocycles. The Balaban J connectivity index is 2.55. The van der Waals surface area contributed by atoms with Gasteiger partial charge >= 0.3 is 0 Å². The summed E-state index contributed by atoms with van der Waals surface area (Å²) in [6.45, 7) is 5.23. The van der Waals surface area contributed by atoms with E-state index in [0.717, 1.165) is 20.8 Å². The minimum Gasteiger partial charge on any atom is -0.398 e. The Morgan fingerprint density at radius 1 is 1.29 bits per heavy atom. The van der Waals surface area contributed by atoms with E-state index in [0.29, 0.717) is 13.2 Å². The van der Waals surface area contributed by atoms with E-state index >= 15 is 0 Å². The quantitative estimate of drug-likeness (QED) is 0.474. The third-order valence-electron chi connectivity index (χ3n) is 2.06. The van der Waals surface area contributed by atoms with Crippen LogP contribution in [0.1, 0.15) is 13.8 Å². The number of hydrogen-bond donors (Lipinski definition) is 1. The Morgan fingerprint density at radius 2 is 1.94 bits per heavy atom. The SMILES string of the molecule is CCOC(CSc1cc(Br)ccc1N)OCC. The Bertz CT molecular complexity index is 343. The van der Waals surface area contributed by atoms with Gasteiger partial charge in [-0.05, 0) is 32.0 Å². The molecule has 0 aromatic heterocycles. The topological polar surface area (TPSA) is 44.5 Å². The number of nitrogens with two attached hydrogens (primary N) is 1. The summed E-state index contributed by atoms with van der Waals surface area (Å²) < 4.78 is 12.0. The Morgan fingerprint density at radius 3 is 2.53 bits per heavy atom. The van der Waals surface area contributed by atoms with Crippen molar-refractivity contribution in [3.05, 3.63) is 22.7 Å². The molecule has 5 heteroatoms. The zero-order chi connectivity index (χ0) is 12.7. The summed E-state index contributed by atoms with van der Waals surface area (Å²) in [5, 5.41) is 0. The fraction of sp³-hybridized carbons (Fsp3) is 0.500. The summed E-state index contributed by atoms with van der Waals surface area (Å²) >= 11 is 5.08. The van der Waals surface area contributed by atoms with Crippen LogP contribution in [0.2, 0.25) is 0 Å². The molecule has 0 bridgehead atoms. The minimum atomic E-state index is -0.173. The van der Waals surface area contributed by atoms with Crippen molar-refractivity contribution < 1.29 is 9.47 Å². The number of thioether (sulfide) groups is 1. The molecule has 2 N–H and O–H groups in total. The molecule has 0 fully saturated rings. The molecule has 1 aromatic carbocycles. The predicted molar refractivity (Wildman–Crippen MR) is 76.3 cm³/mol. The number of nitrogen functional groups attached to an aromatic ring is 1. The van der Waals surface area contributed by atoms with Crippen LogP contribution in [0.5, 0.6) is 0 Å². The number of ether oxygens (including phenoxy) is 2. The molecule has 3 nitrogen and oxygen atoms in total. The van der Waals surface area contributed by atoms with Crippen molar-refractivity contribution in [2.24, 2.45) is 0 Å². The lowest BCUT2D eigenvalue weighted by Crippen LogP contribution is -2.20. The van der Waals surface area contributed by atoms with Crippen molar-refractivity contribution in [3.63, 3.8) is 0 Å². The lowest BCUT2D eigenvalue weighted by Gasteiger charge is -2.16.